The lowest BCUT2D eigenvalue weighted by Gasteiger charge is -2.26. The number of esters is 1. The Morgan fingerprint density at radius 1 is 1.10 bits per heavy atom. The van der Waals surface area contributed by atoms with E-state index >= 15 is 0 Å². The van der Waals surface area contributed by atoms with E-state index in [1.165, 1.54) is 9.21 Å². The van der Waals surface area contributed by atoms with Crippen molar-refractivity contribution in [2.75, 3.05) is 46.8 Å². The molecule has 1 aromatic rings. The van der Waals surface area contributed by atoms with Crippen molar-refractivity contribution in [3.8, 4) is 0 Å². The van der Waals surface area contributed by atoms with Crippen molar-refractivity contribution in [2.45, 2.75) is 56.3 Å². The van der Waals surface area contributed by atoms with Crippen LogP contribution in [0.25, 0.3) is 0 Å². The summed E-state index contributed by atoms with van der Waals surface area (Å²) < 4.78 is 32.9. The number of likely N-dealkylation sites (N-methyl/N-ethyl adjacent to an activating group) is 1. The number of amides is 1. The number of nitrogens with zero attached hydrogens (tertiary/aromatic N) is 3. The van der Waals surface area contributed by atoms with Gasteiger partial charge in [-0.15, -0.1) is 11.3 Å². The third-order valence-corrected chi connectivity index (χ3v) is 8.23. The van der Waals surface area contributed by atoms with Gasteiger partial charge in [-0.05, 0) is 59.8 Å². The molecule has 8 nitrogen and oxygen atoms in total. The van der Waals surface area contributed by atoms with Gasteiger partial charge in [-0.25, -0.2) is 8.42 Å². The summed E-state index contributed by atoms with van der Waals surface area (Å²) in [5.41, 5.74) is -0.626. The second-order valence-electron chi connectivity index (χ2n) is 9.07. The molecule has 2 heterocycles. The molecule has 0 bridgehead atoms. The minimum Gasteiger partial charge on any atom is -0.459 e. The zero-order valence-electron chi connectivity index (χ0n) is 19.2. The quantitative estimate of drug-likeness (QED) is 0.511. The third-order valence-electron chi connectivity index (χ3n) is 4.78. The number of thiophene rings is 1. The van der Waals surface area contributed by atoms with E-state index in [0.29, 0.717) is 31.1 Å². The van der Waals surface area contributed by atoms with Gasteiger partial charge in [0.25, 0.3) is 10.0 Å². The SMILES string of the molecule is CN(C)CCN(CC(=O)OC(C)(C)C)C(=O)Cc1ccc(S(=O)(=O)N2CCCCC2)s1. The predicted molar refractivity (Wildman–Crippen MR) is 122 cm³/mol. The molecule has 1 aromatic heterocycles. The van der Waals surface area contributed by atoms with Crippen LogP contribution < -0.4 is 0 Å². The molecule has 0 saturated carbocycles. The first-order chi connectivity index (χ1) is 14.4. The van der Waals surface area contributed by atoms with Crippen molar-refractivity contribution in [1.82, 2.24) is 14.1 Å². The first-order valence-corrected chi connectivity index (χ1v) is 12.9. The lowest BCUT2D eigenvalue weighted by Crippen LogP contribution is -2.42. The molecule has 0 aromatic carbocycles. The van der Waals surface area contributed by atoms with E-state index in [2.05, 4.69) is 0 Å². The normalized spacial score (nSPS) is 15.8. The van der Waals surface area contributed by atoms with Gasteiger partial charge in [-0.2, -0.15) is 4.31 Å². The maximum Gasteiger partial charge on any atom is 0.326 e. The van der Waals surface area contributed by atoms with Crippen LogP contribution in [0.4, 0.5) is 0 Å². The van der Waals surface area contributed by atoms with Crippen LogP contribution in [0, 0.1) is 0 Å². The van der Waals surface area contributed by atoms with Gasteiger partial charge in [0.2, 0.25) is 5.91 Å². The summed E-state index contributed by atoms with van der Waals surface area (Å²) >= 11 is 1.13. The summed E-state index contributed by atoms with van der Waals surface area (Å²) in [5.74, 6) is -0.685. The Hall–Kier alpha value is -1.49. The average molecular weight is 474 g/mol. The Morgan fingerprint density at radius 3 is 2.32 bits per heavy atom. The van der Waals surface area contributed by atoms with Crippen molar-refractivity contribution in [1.29, 1.82) is 0 Å². The van der Waals surface area contributed by atoms with Crippen LogP contribution in [0.5, 0.6) is 0 Å². The second-order valence-corrected chi connectivity index (χ2v) is 12.4. The fraction of sp³-hybridized carbons (Fsp3) is 0.714. The highest BCUT2D eigenvalue weighted by atomic mass is 32.2. The van der Waals surface area contributed by atoms with Gasteiger partial charge in [-0.3, -0.25) is 9.59 Å². The van der Waals surface area contributed by atoms with Gasteiger partial charge >= 0.3 is 5.97 Å². The summed E-state index contributed by atoms with van der Waals surface area (Å²) in [6, 6.07) is 3.27. The lowest BCUT2D eigenvalue weighted by atomic mass is 10.2. The highest BCUT2D eigenvalue weighted by molar-refractivity contribution is 7.91. The number of piperidine rings is 1. The molecular weight excluding hydrogens is 438 g/mol. The summed E-state index contributed by atoms with van der Waals surface area (Å²) in [5, 5.41) is 0. The van der Waals surface area contributed by atoms with Gasteiger partial charge in [0.05, 0.1) is 6.42 Å². The lowest BCUT2D eigenvalue weighted by molar-refractivity contribution is -0.158. The first-order valence-electron chi connectivity index (χ1n) is 10.6. The number of rotatable bonds is 9. The molecule has 1 aliphatic rings. The van der Waals surface area contributed by atoms with E-state index in [1.54, 1.807) is 32.9 Å². The molecule has 1 fully saturated rings. The van der Waals surface area contributed by atoms with E-state index in [4.69, 9.17) is 4.74 Å². The summed E-state index contributed by atoms with van der Waals surface area (Å²) in [6.07, 6.45) is 2.86. The molecule has 1 saturated heterocycles. The van der Waals surface area contributed by atoms with E-state index in [1.807, 2.05) is 19.0 Å². The Morgan fingerprint density at radius 2 is 1.74 bits per heavy atom. The fourth-order valence-corrected chi connectivity index (χ4v) is 6.25. The number of carbonyl (C=O) groups is 2. The van der Waals surface area contributed by atoms with Crippen molar-refractivity contribution >= 4 is 33.2 Å². The molecule has 2 rings (SSSR count). The zero-order valence-corrected chi connectivity index (χ0v) is 20.9. The molecule has 0 spiro atoms. The van der Waals surface area contributed by atoms with Gasteiger partial charge in [0.15, 0.2) is 0 Å². The van der Waals surface area contributed by atoms with Gasteiger partial charge in [-0.1, -0.05) is 6.42 Å². The van der Waals surface area contributed by atoms with Crippen molar-refractivity contribution in [3.63, 3.8) is 0 Å². The molecule has 31 heavy (non-hydrogen) atoms. The molecular formula is C21H35N3O5S2. The Labute approximate surface area is 190 Å². The first kappa shape index (κ1) is 25.8. The predicted octanol–water partition coefficient (Wildman–Crippen LogP) is 2.20. The molecule has 0 aliphatic carbocycles. The minimum atomic E-state index is -3.51. The number of carbonyl (C=O) groups excluding carboxylic acids is 2. The van der Waals surface area contributed by atoms with E-state index in [-0.39, 0.29) is 23.1 Å². The van der Waals surface area contributed by atoms with Crippen LogP contribution in [-0.2, 0) is 30.8 Å². The monoisotopic (exact) mass is 473 g/mol. The van der Waals surface area contributed by atoms with Gasteiger partial charge < -0.3 is 14.5 Å². The molecule has 1 aliphatic heterocycles. The van der Waals surface area contributed by atoms with E-state index < -0.39 is 21.6 Å². The molecule has 0 N–H and O–H groups in total. The number of hydrogen-bond donors (Lipinski definition) is 0. The number of hydrogen-bond acceptors (Lipinski definition) is 7. The van der Waals surface area contributed by atoms with Crippen LogP contribution in [0.1, 0.15) is 44.9 Å². The molecule has 176 valence electrons. The maximum absolute atomic E-state index is 12.9. The van der Waals surface area contributed by atoms with Crippen molar-refractivity contribution in [2.24, 2.45) is 0 Å². The van der Waals surface area contributed by atoms with Gasteiger partial charge in [0.1, 0.15) is 16.4 Å². The molecule has 0 atom stereocenters. The fourth-order valence-electron chi connectivity index (χ4n) is 3.23. The van der Waals surface area contributed by atoms with Crippen LogP contribution >= 0.6 is 11.3 Å². The summed E-state index contributed by atoms with van der Waals surface area (Å²) in [6.45, 7) is 7.30. The molecule has 1 amide bonds. The smallest absolute Gasteiger partial charge is 0.326 e. The van der Waals surface area contributed by atoms with E-state index in [9.17, 15) is 18.0 Å². The second kappa shape index (κ2) is 10.9. The van der Waals surface area contributed by atoms with Gasteiger partial charge in [0, 0.05) is 31.1 Å². The number of sulfonamides is 1. The van der Waals surface area contributed by atoms with Crippen molar-refractivity contribution < 1.29 is 22.7 Å². The Kier molecular flexibility index (Phi) is 9.05. The average Bonchev–Trinajstić information content (AvgIpc) is 3.13. The maximum atomic E-state index is 12.9. The minimum absolute atomic E-state index is 0.0520. The van der Waals surface area contributed by atoms with Crippen LogP contribution in [0.15, 0.2) is 16.3 Å². The molecule has 0 radical (unpaired) electrons. The molecule has 0 unspecified atom stereocenters. The Balaban J connectivity index is 2.07. The number of ether oxygens (including phenoxy) is 1. The molecule has 10 heteroatoms. The largest absolute Gasteiger partial charge is 0.459 e. The summed E-state index contributed by atoms with van der Waals surface area (Å²) in [7, 11) is 0.280. The third kappa shape index (κ3) is 8.17. The highest BCUT2D eigenvalue weighted by Gasteiger charge is 2.28. The van der Waals surface area contributed by atoms with Crippen LogP contribution in [0.3, 0.4) is 0 Å². The zero-order chi connectivity index (χ0) is 23.2. The van der Waals surface area contributed by atoms with Crippen LogP contribution in [0.2, 0.25) is 0 Å². The van der Waals surface area contributed by atoms with Crippen LogP contribution in [-0.4, -0.2) is 86.8 Å². The van der Waals surface area contributed by atoms with E-state index in [0.717, 1.165) is 30.6 Å². The Bertz CT molecular complexity index is 853. The highest BCUT2D eigenvalue weighted by Crippen LogP contribution is 2.27. The standard InChI is InChI=1S/C21H35N3O5S2/c1-21(2,3)29-19(26)16-23(14-13-22(4)5)18(25)15-17-9-10-20(30-17)31(27,28)24-11-7-6-8-12-24/h9-10H,6-8,11-16H2,1-5H3. The van der Waals surface area contributed by atoms with Crippen molar-refractivity contribution in [3.05, 3.63) is 17.0 Å². The topological polar surface area (TPSA) is 87.2 Å². The summed E-state index contributed by atoms with van der Waals surface area (Å²) in [4.78, 5) is 29.3.